The Morgan fingerprint density at radius 2 is 0.562 bits per heavy atom. The molecule has 1 unspecified atom stereocenters. The molecule has 0 aliphatic rings. The molecule has 0 aromatic carbocycles. The first-order chi connectivity index (χ1) is 31.5. The van der Waals surface area contributed by atoms with E-state index in [0.29, 0.717) is 19.3 Å². The van der Waals surface area contributed by atoms with Gasteiger partial charge in [0.2, 0.25) is 0 Å². The first-order valence-electron chi connectivity index (χ1n) is 28.3. The molecule has 1 atom stereocenters. The zero-order chi connectivity index (χ0) is 46.5. The van der Waals surface area contributed by atoms with Crippen LogP contribution in [0, 0.1) is 0 Å². The largest absolute Gasteiger partial charge is 0.462 e. The Morgan fingerprint density at radius 3 is 0.859 bits per heavy atom. The van der Waals surface area contributed by atoms with Gasteiger partial charge < -0.3 is 14.2 Å². The molecule has 376 valence electrons. The van der Waals surface area contributed by atoms with E-state index in [4.69, 9.17) is 14.2 Å². The van der Waals surface area contributed by atoms with E-state index in [2.05, 4.69) is 45.1 Å². The van der Waals surface area contributed by atoms with Crippen LogP contribution in [0.5, 0.6) is 0 Å². The lowest BCUT2D eigenvalue weighted by atomic mass is 10.0. The molecule has 0 rings (SSSR count). The van der Waals surface area contributed by atoms with Crippen LogP contribution in [0.2, 0.25) is 0 Å². The Bertz CT molecular complexity index is 1040. The van der Waals surface area contributed by atoms with Gasteiger partial charge in [0.05, 0.1) is 0 Å². The highest BCUT2D eigenvalue weighted by atomic mass is 16.6. The molecule has 0 heterocycles. The fourth-order valence-electron chi connectivity index (χ4n) is 8.42. The first kappa shape index (κ1) is 61.9. The molecule has 0 aliphatic heterocycles. The van der Waals surface area contributed by atoms with Gasteiger partial charge in [-0.3, -0.25) is 14.4 Å². The maximum Gasteiger partial charge on any atom is 0.306 e. The highest BCUT2D eigenvalue weighted by Crippen LogP contribution is 2.16. The normalized spacial score (nSPS) is 12.1. The van der Waals surface area contributed by atoms with Crippen LogP contribution in [0.25, 0.3) is 0 Å². The number of esters is 3. The van der Waals surface area contributed by atoms with E-state index >= 15 is 0 Å². The van der Waals surface area contributed by atoms with Crippen molar-refractivity contribution in [2.24, 2.45) is 0 Å². The van der Waals surface area contributed by atoms with Gasteiger partial charge in [0, 0.05) is 19.3 Å². The minimum Gasteiger partial charge on any atom is -0.462 e. The number of hydrogen-bond donors (Lipinski definition) is 0. The summed E-state index contributed by atoms with van der Waals surface area (Å²) in [6.07, 6.45) is 61.8. The van der Waals surface area contributed by atoms with Crippen LogP contribution in [0.4, 0.5) is 0 Å². The van der Waals surface area contributed by atoms with Crippen molar-refractivity contribution in [3.8, 4) is 0 Å². The number of carbonyl (C=O) groups is 3. The minimum absolute atomic E-state index is 0.0667. The smallest absolute Gasteiger partial charge is 0.306 e. The number of carbonyl (C=O) groups excluding carboxylic acids is 3. The van der Waals surface area contributed by atoms with Gasteiger partial charge in [-0.05, 0) is 51.4 Å². The SMILES string of the molecule is CCCCCCC/C=C\C/C=C\CCCCCCCCCCCCCC(=O)OCC(COC(=O)CCCCCCCCCCC)OC(=O)CCCCCCCCCCCCCCCC. The predicted molar refractivity (Wildman–Crippen MR) is 275 cm³/mol. The maximum absolute atomic E-state index is 12.8. The van der Waals surface area contributed by atoms with E-state index in [-0.39, 0.29) is 31.1 Å². The van der Waals surface area contributed by atoms with Crippen LogP contribution in [-0.4, -0.2) is 37.2 Å². The second-order valence-electron chi connectivity index (χ2n) is 19.2. The second-order valence-corrected chi connectivity index (χ2v) is 19.2. The van der Waals surface area contributed by atoms with Crippen molar-refractivity contribution in [2.45, 2.75) is 316 Å². The lowest BCUT2D eigenvalue weighted by Crippen LogP contribution is -2.30. The van der Waals surface area contributed by atoms with Gasteiger partial charge in [-0.1, -0.05) is 263 Å². The summed E-state index contributed by atoms with van der Waals surface area (Å²) in [6, 6.07) is 0. The van der Waals surface area contributed by atoms with Crippen molar-refractivity contribution in [3.63, 3.8) is 0 Å². The third kappa shape index (κ3) is 50.9. The fourth-order valence-corrected chi connectivity index (χ4v) is 8.42. The lowest BCUT2D eigenvalue weighted by molar-refractivity contribution is -0.167. The van der Waals surface area contributed by atoms with Gasteiger partial charge in [0.1, 0.15) is 13.2 Å². The Hall–Kier alpha value is -2.11. The van der Waals surface area contributed by atoms with Crippen LogP contribution >= 0.6 is 0 Å². The minimum atomic E-state index is -0.765. The number of ether oxygens (including phenoxy) is 3. The molecule has 0 amide bonds. The predicted octanol–water partition coefficient (Wildman–Crippen LogP) is 18.7. The third-order valence-electron chi connectivity index (χ3n) is 12.7. The quantitative estimate of drug-likeness (QED) is 0.0262. The van der Waals surface area contributed by atoms with Gasteiger partial charge in [-0.25, -0.2) is 0 Å². The fraction of sp³-hybridized carbons (Fsp3) is 0.879. The summed E-state index contributed by atoms with van der Waals surface area (Å²) in [5.41, 5.74) is 0. The van der Waals surface area contributed by atoms with Gasteiger partial charge in [0.15, 0.2) is 6.10 Å². The molecule has 0 aliphatic carbocycles. The monoisotopic (exact) mass is 901 g/mol. The number of unbranched alkanes of at least 4 members (excludes halogenated alkanes) is 37. The zero-order valence-corrected chi connectivity index (χ0v) is 43.1. The highest BCUT2D eigenvalue weighted by Gasteiger charge is 2.19. The molecular weight excluding hydrogens is 793 g/mol. The van der Waals surface area contributed by atoms with E-state index < -0.39 is 6.10 Å². The molecule has 0 spiro atoms. The maximum atomic E-state index is 12.8. The van der Waals surface area contributed by atoms with E-state index in [9.17, 15) is 14.4 Å². The van der Waals surface area contributed by atoms with Crippen molar-refractivity contribution >= 4 is 17.9 Å². The molecule has 0 aromatic heterocycles. The van der Waals surface area contributed by atoms with Crippen molar-refractivity contribution in [3.05, 3.63) is 24.3 Å². The summed E-state index contributed by atoms with van der Waals surface area (Å²) >= 11 is 0. The molecule has 6 nitrogen and oxygen atoms in total. The summed E-state index contributed by atoms with van der Waals surface area (Å²) in [5, 5.41) is 0. The van der Waals surface area contributed by atoms with Gasteiger partial charge in [0.25, 0.3) is 0 Å². The molecule has 0 N–H and O–H groups in total. The molecule has 0 radical (unpaired) electrons. The van der Waals surface area contributed by atoms with E-state index in [1.807, 2.05) is 0 Å². The Morgan fingerprint density at radius 1 is 0.312 bits per heavy atom. The number of allylic oxidation sites excluding steroid dienone is 4. The van der Waals surface area contributed by atoms with E-state index in [0.717, 1.165) is 64.2 Å². The Kier molecular flexibility index (Phi) is 51.7. The van der Waals surface area contributed by atoms with E-state index in [1.54, 1.807) is 0 Å². The van der Waals surface area contributed by atoms with Crippen LogP contribution < -0.4 is 0 Å². The average molecular weight is 901 g/mol. The molecule has 0 bridgehead atoms. The summed E-state index contributed by atoms with van der Waals surface area (Å²) in [5.74, 6) is -0.853. The average Bonchev–Trinajstić information content (AvgIpc) is 3.29. The number of hydrogen-bond acceptors (Lipinski definition) is 6. The van der Waals surface area contributed by atoms with Crippen LogP contribution in [-0.2, 0) is 28.6 Å². The molecule has 0 saturated heterocycles. The van der Waals surface area contributed by atoms with Gasteiger partial charge >= 0.3 is 17.9 Å². The van der Waals surface area contributed by atoms with Crippen LogP contribution in [0.1, 0.15) is 310 Å². The van der Waals surface area contributed by atoms with Crippen LogP contribution in [0.3, 0.4) is 0 Å². The van der Waals surface area contributed by atoms with Crippen molar-refractivity contribution in [1.29, 1.82) is 0 Å². The highest BCUT2D eigenvalue weighted by molar-refractivity contribution is 5.71. The first-order valence-corrected chi connectivity index (χ1v) is 28.3. The van der Waals surface area contributed by atoms with Crippen molar-refractivity contribution < 1.29 is 28.6 Å². The Labute approximate surface area is 398 Å². The van der Waals surface area contributed by atoms with Crippen molar-refractivity contribution in [1.82, 2.24) is 0 Å². The summed E-state index contributed by atoms with van der Waals surface area (Å²) in [7, 11) is 0. The molecule has 64 heavy (non-hydrogen) atoms. The van der Waals surface area contributed by atoms with Gasteiger partial charge in [-0.2, -0.15) is 0 Å². The molecule has 6 heteroatoms. The summed E-state index contributed by atoms with van der Waals surface area (Å²) < 4.78 is 16.8. The summed E-state index contributed by atoms with van der Waals surface area (Å²) in [6.45, 7) is 6.65. The standard InChI is InChI=1S/C58H108O6/c1-4-7-10-13-16-19-21-23-25-26-27-28-29-30-31-32-33-35-36-39-42-45-48-51-57(60)63-54-55(53-62-56(59)50-47-44-41-38-18-15-12-9-6-3)64-58(61)52-49-46-43-40-37-34-24-22-20-17-14-11-8-5-2/h21,23,26-27,55H,4-20,22,24-25,28-54H2,1-3H3/b23-21-,27-26-. The number of rotatable bonds is 52. The topological polar surface area (TPSA) is 78.9 Å². The molecule has 0 saturated carbocycles. The zero-order valence-electron chi connectivity index (χ0n) is 43.1. The molecule has 0 fully saturated rings. The van der Waals surface area contributed by atoms with Crippen molar-refractivity contribution in [2.75, 3.05) is 13.2 Å². The van der Waals surface area contributed by atoms with E-state index in [1.165, 1.54) is 205 Å². The molecular formula is C58H108O6. The second kappa shape index (κ2) is 53.5. The molecule has 0 aromatic rings. The summed E-state index contributed by atoms with van der Waals surface area (Å²) in [4.78, 5) is 38.0. The van der Waals surface area contributed by atoms with Crippen LogP contribution in [0.15, 0.2) is 24.3 Å². The Balaban J connectivity index is 4.19. The third-order valence-corrected chi connectivity index (χ3v) is 12.7. The lowest BCUT2D eigenvalue weighted by Gasteiger charge is -2.18. The van der Waals surface area contributed by atoms with Gasteiger partial charge in [-0.15, -0.1) is 0 Å².